The molecule has 1 atom stereocenters. The van der Waals surface area contributed by atoms with Crippen LogP contribution in [0.5, 0.6) is 0 Å². The van der Waals surface area contributed by atoms with Crippen molar-refractivity contribution in [1.82, 2.24) is 10.3 Å². The van der Waals surface area contributed by atoms with Crippen LogP contribution in [0.15, 0.2) is 65.8 Å². The lowest BCUT2D eigenvalue weighted by molar-refractivity contribution is -0.385. The molecular formula is C19H16N4O4. The molecule has 8 heteroatoms. The van der Waals surface area contributed by atoms with Crippen LogP contribution in [0.4, 0.5) is 10.5 Å². The molecule has 2 aromatic carbocycles. The molecular weight excluding hydrogens is 348 g/mol. The molecule has 1 N–H and O–H groups in total. The Kier molecular flexibility index (Phi) is 4.80. The number of nitrogens with one attached hydrogen (secondary N) is 1. The van der Waals surface area contributed by atoms with Gasteiger partial charge in [0.05, 0.1) is 10.5 Å². The number of imide groups is 1. The molecule has 1 saturated heterocycles. The second-order valence-electron chi connectivity index (χ2n) is 5.98. The number of hydrazone groups is 1. The van der Waals surface area contributed by atoms with Gasteiger partial charge in [-0.25, -0.2) is 4.79 Å². The molecule has 0 spiro atoms. The number of carbonyl (C=O) groups is 2. The van der Waals surface area contributed by atoms with Gasteiger partial charge >= 0.3 is 6.03 Å². The van der Waals surface area contributed by atoms with Crippen molar-refractivity contribution in [3.63, 3.8) is 0 Å². The normalized spacial score (nSPS) is 19.8. The Morgan fingerprint density at radius 3 is 2.48 bits per heavy atom. The monoisotopic (exact) mass is 364 g/mol. The Morgan fingerprint density at radius 1 is 1.11 bits per heavy atom. The molecule has 0 unspecified atom stereocenters. The minimum absolute atomic E-state index is 0.0474. The van der Waals surface area contributed by atoms with Gasteiger partial charge in [0.25, 0.3) is 11.6 Å². The zero-order valence-electron chi connectivity index (χ0n) is 14.4. The number of para-hydroxylation sites is 1. The van der Waals surface area contributed by atoms with E-state index in [1.165, 1.54) is 24.4 Å². The van der Waals surface area contributed by atoms with Crippen LogP contribution in [0.3, 0.4) is 0 Å². The molecule has 1 fully saturated rings. The standard InChI is InChI=1S/C19H16N4O4/c1-19(15-10-3-2-4-11-15)17(24)22(18(25)21-19)20-13-7-9-14-8-5-6-12-16(14)23(26)27/h2-13H,1H3,(H,21,25)/b9-7+,20-13-/t19-/m0/s1. The van der Waals surface area contributed by atoms with Crippen LogP contribution in [-0.4, -0.2) is 28.1 Å². The lowest BCUT2D eigenvalue weighted by atomic mass is 9.92. The van der Waals surface area contributed by atoms with Crippen molar-refractivity contribution in [1.29, 1.82) is 0 Å². The van der Waals surface area contributed by atoms with E-state index in [-0.39, 0.29) is 5.69 Å². The summed E-state index contributed by atoms with van der Waals surface area (Å²) in [7, 11) is 0. The Morgan fingerprint density at radius 2 is 1.78 bits per heavy atom. The zero-order chi connectivity index (χ0) is 19.4. The SMILES string of the molecule is C[C@@]1(c2ccccc2)NC(=O)N(/N=C\C=C\c2ccccc2[N+](=O)[O-])C1=O. The minimum atomic E-state index is -1.20. The quantitative estimate of drug-likeness (QED) is 0.381. The Labute approximate surface area is 154 Å². The van der Waals surface area contributed by atoms with E-state index in [1.807, 2.05) is 6.07 Å². The van der Waals surface area contributed by atoms with Crippen molar-refractivity contribution >= 4 is 29.9 Å². The van der Waals surface area contributed by atoms with E-state index >= 15 is 0 Å². The maximum absolute atomic E-state index is 12.7. The van der Waals surface area contributed by atoms with E-state index in [0.717, 1.165) is 5.01 Å². The number of allylic oxidation sites excluding steroid dienone is 1. The van der Waals surface area contributed by atoms with Crippen molar-refractivity contribution in [2.24, 2.45) is 5.10 Å². The fourth-order valence-corrected chi connectivity index (χ4v) is 2.74. The van der Waals surface area contributed by atoms with Crippen LogP contribution in [0, 0.1) is 10.1 Å². The van der Waals surface area contributed by atoms with Crippen molar-refractivity contribution in [3.05, 3.63) is 81.9 Å². The first kappa shape index (κ1) is 18.0. The van der Waals surface area contributed by atoms with Crippen LogP contribution in [0.25, 0.3) is 6.08 Å². The number of nitro benzene ring substituents is 1. The number of hydrogen-bond acceptors (Lipinski definition) is 5. The third kappa shape index (κ3) is 3.45. The number of amides is 3. The Balaban J connectivity index is 1.77. The van der Waals surface area contributed by atoms with Gasteiger partial charge < -0.3 is 5.32 Å². The van der Waals surface area contributed by atoms with Crippen LogP contribution >= 0.6 is 0 Å². The van der Waals surface area contributed by atoms with Gasteiger partial charge in [-0.05, 0) is 30.7 Å². The van der Waals surface area contributed by atoms with Crippen LogP contribution in [-0.2, 0) is 10.3 Å². The van der Waals surface area contributed by atoms with E-state index < -0.39 is 22.4 Å². The zero-order valence-corrected chi connectivity index (χ0v) is 14.4. The molecule has 1 aliphatic heterocycles. The van der Waals surface area contributed by atoms with Crippen molar-refractivity contribution in [2.75, 3.05) is 0 Å². The summed E-state index contributed by atoms with van der Waals surface area (Å²) in [6.07, 6.45) is 4.16. The molecule has 3 rings (SSSR count). The van der Waals surface area contributed by atoms with E-state index in [9.17, 15) is 19.7 Å². The molecule has 2 aromatic rings. The molecule has 1 aliphatic rings. The van der Waals surface area contributed by atoms with E-state index in [1.54, 1.807) is 49.4 Å². The maximum Gasteiger partial charge on any atom is 0.346 e. The van der Waals surface area contributed by atoms with Gasteiger partial charge in [0.1, 0.15) is 5.54 Å². The number of hydrogen-bond donors (Lipinski definition) is 1. The molecule has 0 aromatic heterocycles. The summed E-state index contributed by atoms with van der Waals surface area (Å²) in [6, 6.07) is 14.5. The number of benzene rings is 2. The van der Waals surface area contributed by atoms with Gasteiger partial charge in [-0.3, -0.25) is 14.9 Å². The van der Waals surface area contributed by atoms with Gasteiger partial charge in [-0.1, -0.05) is 42.5 Å². The predicted octanol–water partition coefficient (Wildman–Crippen LogP) is 3.06. The summed E-state index contributed by atoms with van der Waals surface area (Å²) < 4.78 is 0. The highest BCUT2D eigenvalue weighted by atomic mass is 16.6. The fraction of sp³-hybridized carbons (Fsp3) is 0.105. The number of nitrogens with zero attached hydrogens (tertiary/aromatic N) is 3. The average molecular weight is 364 g/mol. The van der Waals surface area contributed by atoms with Gasteiger partial charge in [0.15, 0.2) is 0 Å². The second kappa shape index (κ2) is 7.20. The summed E-state index contributed by atoms with van der Waals surface area (Å²) in [6.45, 7) is 1.61. The van der Waals surface area contributed by atoms with Gasteiger partial charge in [0.2, 0.25) is 0 Å². The van der Waals surface area contributed by atoms with Crippen molar-refractivity contribution in [2.45, 2.75) is 12.5 Å². The molecule has 0 aliphatic carbocycles. The summed E-state index contributed by atoms with van der Waals surface area (Å²) in [5.74, 6) is -0.506. The first-order valence-electron chi connectivity index (χ1n) is 8.10. The average Bonchev–Trinajstić information content (AvgIpc) is 2.89. The Bertz CT molecular complexity index is 955. The summed E-state index contributed by atoms with van der Waals surface area (Å²) in [4.78, 5) is 35.3. The smallest absolute Gasteiger partial charge is 0.318 e. The van der Waals surface area contributed by atoms with E-state index in [0.29, 0.717) is 11.1 Å². The Hall–Kier alpha value is -3.81. The fourth-order valence-electron chi connectivity index (χ4n) is 2.74. The van der Waals surface area contributed by atoms with Crippen molar-refractivity contribution in [3.8, 4) is 0 Å². The van der Waals surface area contributed by atoms with Gasteiger partial charge in [-0.15, -0.1) is 5.01 Å². The van der Waals surface area contributed by atoms with Gasteiger partial charge in [-0.2, -0.15) is 5.10 Å². The summed E-state index contributed by atoms with van der Waals surface area (Å²) in [5, 5.41) is 18.3. The summed E-state index contributed by atoms with van der Waals surface area (Å²) >= 11 is 0. The first-order valence-corrected chi connectivity index (χ1v) is 8.10. The topological polar surface area (TPSA) is 105 Å². The molecule has 0 bridgehead atoms. The van der Waals surface area contributed by atoms with E-state index in [4.69, 9.17) is 0 Å². The highest BCUT2D eigenvalue weighted by Gasteiger charge is 2.49. The first-order chi connectivity index (χ1) is 12.9. The van der Waals surface area contributed by atoms with E-state index in [2.05, 4.69) is 10.4 Å². The number of urea groups is 1. The number of rotatable bonds is 5. The minimum Gasteiger partial charge on any atom is -0.318 e. The molecule has 136 valence electrons. The maximum atomic E-state index is 12.7. The molecule has 1 heterocycles. The molecule has 3 amide bonds. The van der Waals surface area contributed by atoms with Gasteiger partial charge in [0, 0.05) is 12.3 Å². The lowest BCUT2D eigenvalue weighted by Crippen LogP contribution is -2.40. The van der Waals surface area contributed by atoms with Crippen LogP contribution < -0.4 is 5.32 Å². The van der Waals surface area contributed by atoms with Crippen molar-refractivity contribution < 1.29 is 14.5 Å². The highest BCUT2D eigenvalue weighted by Crippen LogP contribution is 2.28. The largest absolute Gasteiger partial charge is 0.346 e. The predicted molar refractivity (Wildman–Crippen MR) is 99.8 cm³/mol. The molecule has 27 heavy (non-hydrogen) atoms. The summed E-state index contributed by atoms with van der Waals surface area (Å²) in [5.41, 5.74) is -0.206. The molecule has 0 saturated carbocycles. The lowest BCUT2D eigenvalue weighted by Gasteiger charge is -2.20. The number of carbonyl (C=O) groups excluding carboxylic acids is 2. The molecule has 8 nitrogen and oxygen atoms in total. The van der Waals surface area contributed by atoms with Crippen LogP contribution in [0.2, 0.25) is 0 Å². The second-order valence-corrected chi connectivity index (χ2v) is 5.98. The van der Waals surface area contributed by atoms with Crippen LogP contribution in [0.1, 0.15) is 18.1 Å². The molecule has 0 radical (unpaired) electrons. The third-order valence-corrected chi connectivity index (χ3v) is 4.20. The third-order valence-electron chi connectivity index (χ3n) is 4.20. The number of nitro groups is 1. The highest BCUT2D eigenvalue weighted by molar-refractivity contribution is 6.07.